The summed E-state index contributed by atoms with van der Waals surface area (Å²) in [6.07, 6.45) is 0.207. The minimum absolute atomic E-state index is 0.153. The van der Waals surface area contributed by atoms with Gasteiger partial charge in [-0.1, -0.05) is 45.3 Å². The van der Waals surface area contributed by atoms with Crippen LogP contribution in [0.3, 0.4) is 0 Å². The van der Waals surface area contributed by atoms with Gasteiger partial charge >= 0.3 is 6.08 Å². The molecule has 0 bridgehead atoms. The number of unbranched alkanes of at least 4 members (excludes halogenated alkanes) is 2. The minimum Gasteiger partial charge on any atom is -0.394 e. The summed E-state index contributed by atoms with van der Waals surface area (Å²) in [6, 6.07) is 1.17. The van der Waals surface area contributed by atoms with Gasteiger partial charge in [0.2, 0.25) is 0 Å². The fourth-order valence-electron chi connectivity index (χ4n) is 3.57. The van der Waals surface area contributed by atoms with E-state index < -0.39 is 45.3 Å². The lowest BCUT2D eigenvalue weighted by atomic mass is 10.1. The number of aromatic nitrogens is 4. The van der Waals surface area contributed by atoms with Crippen LogP contribution in [0.4, 0.5) is 10.2 Å². The van der Waals surface area contributed by atoms with Crippen molar-refractivity contribution in [1.29, 1.82) is 0 Å². The molecule has 3 rings (SSSR count). The lowest BCUT2D eigenvalue weighted by Gasteiger charge is -2.23. The van der Waals surface area contributed by atoms with Gasteiger partial charge < -0.3 is 25.4 Å². The number of rotatable bonds is 9. The van der Waals surface area contributed by atoms with Gasteiger partial charge in [-0.05, 0) is 0 Å². The number of aliphatic hydroxyl groups is 3. The average Bonchev–Trinajstić information content (AvgIpc) is 3.21. The molecule has 29 heavy (non-hydrogen) atoms. The number of hydrogen-bond acceptors (Lipinski definition) is 8. The van der Waals surface area contributed by atoms with Gasteiger partial charge in [-0.3, -0.25) is 4.57 Å². The first-order valence-electron chi connectivity index (χ1n) is 10.0. The van der Waals surface area contributed by atoms with Crippen LogP contribution in [0.15, 0.2) is 6.33 Å². The summed E-state index contributed by atoms with van der Waals surface area (Å²) in [7, 11) is -1.54. The molecular weight excluding hydrogens is 397 g/mol. The predicted molar refractivity (Wildman–Crippen MR) is 109 cm³/mol. The quantitative estimate of drug-likeness (QED) is 0.269. The molecule has 0 radical (unpaired) electrons. The predicted octanol–water partition coefficient (Wildman–Crippen LogP) is 1.43. The fraction of sp³-hybridized carbons (Fsp3) is 0.722. The summed E-state index contributed by atoms with van der Waals surface area (Å²) in [4.78, 5) is 12.0. The monoisotopic (exact) mass is 427 g/mol. The van der Waals surface area contributed by atoms with Crippen molar-refractivity contribution in [3.05, 3.63) is 12.4 Å². The Balaban J connectivity index is 1.82. The maximum atomic E-state index is 14.1. The molecule has 1 aliphatic heterocycles. The van der Waals surface area contributed by atoms with E-state index in [0.29, 0.717) is 11.3 Å². The first kappa shape index (κ1) is 22.0. The van der Waals surface area contributed by atoms with Crippen molar-refractivity contribution in [3.8, 4) is 0 Å². The maximum Gasteiger partial charge on any atom is 0.312 e. The second kappa shape index (κ2) is 9.00. The van der Waals surface area contributed by atoms with E-state index in [9.17, 15) is 19.7 Å². The van der Waals surface area contributed by atoms with Gasteiger partial charge in [0.25, 0.3) is 0 Å². The van der Waals surface area contributed by atoms with Gasteiger partial charge in [-0.25, -0.2) is 4.98 Å². The highest BCUT2D eigenvalue weighted by molar-refractivity contribution is 6.78. The van der Waals surface area contributed by atoms with Crippen LogP contribution in [0, 0.1) is 6.08 Å². The number of imidazole rings is 1. The number of halogens is 1. The molecule has 4 atom stereocenters. The smallest absolute Gasteiger partial charge is 0.312 e. The summed E-state index contributed by atoms with van der Waals surface area (Å²) in [5, 5.41) is 32.8. The summed E-state index contributed by atoms with van der Waals surface area (Å²) in [5.74, 6) is 0.300. The van der Waals surface area contributed by atoms with Gasteiger partial charge in [0, 0.05) is 6.17 Å². The van der Waals surface area contributed by atoms with Crippen LogP contribution in [0.2, 0.25) is 19.1 Å². The SMILES string of the molecule is CCCCC[Si](C)(C)CNc1nc(F)nc2c1ncn2[C@@H]1O[C@H](CO)[C@@H](O)[C@H]1O. The van der Waals surface area contributed by atoms with E-state index in [-0.39, 0.29) is 5.65 Å². The highest BCUT2D eigenvalue weighted by atomic mass is 28.3. The molecule has 1 aliphatic rings. The maximum absolute atomic E-state index is 14.1. The van der Waals surface area contributed by atoms with Gasteiger partial charge in [0.15, 0.2) is 23.2 Å². The van der Waals surface area contributed by atoms with Crippen LogP contribution >= 0.6 is 0 Å². The molecule has 162 valence electrons. The van der Waals surface area contributed by atoms with Gasteiger partial charge in [0.05, 0.1) is 21.0 Å². The Bertz CT molecular complexity index is 836. The summed E-state index contributed by atoms with van der Waals surface area (Å²) in [6.45, 7) is 6.29. The van der Waals surface area contributed by atoms with E-state index in [4.69, 9.17) is 4.74 Å². The van der Waals surface area contributed by atoms with Crippen LogP contribution in [0.5, 0.6) is 0 Å². The van der Waals surface area contributed by atoms with Crippen molar-refractivity contribution < 1.29 is 24.4 Å². The van der Waals surface area contributed by atoms with E-state index in [1.54, 1.807) is 0 Å². The zero-order valence-corrected chi connectivity index (χ0v) is 18.0. The van der Waals surface area contributed by atoms with E-state index in [2.05, 4.69) is 40.3 Å². The standard InChI is InChI=1S/C18H30FN5O4Si/c1-4-5-6-7-29(2,3)10-21-15-12-16(23-18(19)22-15)24(9-20-12)17-14(27)13(26)11(8-25)28-17/h9,11,13-14,17,25-27H,4-8,10H2,1-3H3,(H,21,22,23)/t11-,13-,14-,17-/m1/s1. The molecule has 0 saturated carbocycles. The van der Waals surface area contributed by atoms with E-state index in [0.717, 1.165) is 6.17 Å². The number of aliphatic hydroxyl groups excluding tert-OH is 3. The van der Waals surface area contributed by atoms with Crippen molar-refractivity contribution in [1.82, 2.24) is 19.5 Å². The fourth-order valence-corrected chi connectivity index (χ4v) is 5.60. The van der Waals surface area contributed by atoms with Crippen LogP contribution < -0.4 is 5.32 Å². The third kappa shape index (κ3) is 4.74. The van der Waals surface area contributed by atoms with E-state index in [1.165, 1.54) is 36.2 Å². The van der Waals surface area contributed by atoms with Crippen molar-refractivity contribution in [2.45, 2.75) is 69.9 Å². The Hall–Kier alpha value is -1.66. The zero-order valence-electron chi connectivity index (χ0n) is 17.0. The first-order valence-corrected chi connectivity index (χ1v) is 13.4. The van der Waals surface area contributed by atoms with Crippen LogP contribution in [0.1, 0.15) is 32.4 Å². The van der Waals surface area contributed by atoms with Crippen LogP contribution in [-0.4, -0.2) is 74.0 Å². The van der Waals surface area contributed by atoms with Gasteiger partial charge in [-0.2, -0.15) is 14.4 Å². The molecule has 0 spiro atoms. The molecule has 1 fully saturated rings. The molecule has 11 heteroatoms. The highest BCUT2D eigenvalue weighted by Gasteiger charge is 2.44. The number of ether oxygens (including phenoxy) is 1. The van der Waals surface area contributed by atoms with Gasteiger partial charge in [0.1, 0.15) is 18.3 Å². The molecule has 3 heterocycles. The average molecular weight is 428 g/mol. The molecular formula is C18H30FN5O4Si. The second-order valence-corrected chi connectivity index (χ2v) is 13.6. The van der Waals surface area contributed by atoms with E-state index in [1.807, 2.05) is 0 Å². The topological polar surface area (TPSA) is 126 Å². The van der Waals surface area contributed by atoms with Gasteiger partial charge in [-0.15, -0.1) is 0 Å². The highest BCUT2D eigenvalue weighted by Crippen LogP contribution is 2.32. The van der Waals surface area contributed by atoms with E-state index >= 15 is 0 Å². The molecule has 4 N–H and O–H groups in total. The number of nitrogens with one attached hydrogen (secondary N) is 1. The molecule has 0 aliphatic carbocycles. The van der Waals surface area contributed by atoms with Crippen molar-refractivity contribution in [2.24, 2.45) is 0 Å². The molecule has 9 nitrogen and oxygen atoms in total. The Morgan fingerprint density at radius 3 is 2.66 bits per heavy atom. The Morgan fingerprint density at radius 1 is 1.24 bits per heavy atom. The lowest BCUT2D eigenvalue weighted by molar-refractivity contribution is -0.0511. The van der Waals surface area contributed by atoms with Crippen LogP contribution in [-0.2, 0) is 4.74 Å². The second-order valence-electron chi connectivity index (χ2n) is 8.37. The molecule has 0 amide bonds. The summed E-state index contributed by atoms with van der Waals surface area (Å²) in [5.41, 5.74) is 0.516. The summed E-state index contributed by atoms with van der Waals surface area (Å²) < 4.78 is 21.0. The third-order valence-electron chi connectivity index (χ3n) is 5.38. The third-order valence-corrected chi connectivity index (χ3v) is 8.22. The van der Waals surface area contributed by atoms with Crippen molar-refractivity contribution >= 4 is 25.1 Å². The number of anilines is 1. The molecule has 0 unspecified atom stereocenters. The molecule has 2 aromatic heterocycles. The molecule has 2 aromatic rings. The number of hydrogen-bond donors (Lipinski definition) is 4. The first-order chi connectivity index (χ1) is 13.8. The summed E-state index contributed by atoms with van der Waals surface area (Å²) >= 11 is 0. The number of fused-ring (bicyclic) bond motifs is 1. The minimum atomic E-state index is -1.54. The largest absolute Gasteiger partial charge is 0.394 e. The normalized spacial score (nSPS) is 25.1. The van der Waals surface area contributed by atoms with Crippen LogP contribution in [0.25, 0.3) is 11.2 Å². The molecule has 1 saturated heterocycles. The number of nitrogens with zero attached hydrogens (tertiary/aromatic N) is 4. The Morgan fingerprint density at radius 2 is 2.00 bits per heavy atom. The zero-order chi connectivity index (χ0) is 21.2. The molecule has 0 aromatic carbocycles. The Labute approximate surface area is 170 Å². The lowest BCUT2D eigenvalue weighted by Crippen LogP contribution is -2.35. The van der Waals surface area contributed by atoms with Crippen molar-refractivity contribution in [2.75, 3.05) is 18.1 Å². The van der Waals surface area contributed by atoms with Crippen molar-refractivity contribution in [3.63, 3.8) is 0 Å². The Kier molecular flexibility index (Phi) is 6.84.